The molecule has 0 heterocycles. The Morgan fingerprint density at radius 2 is 1.76 bits per heavy atom. The van der Waals surface area contributed by atoms with Crippen LogP contribution in [0.4, 0.5) is 0 Å². The molecule has 1 N–H and O–H groups in total. The summed E-state index contributed by atoms with van der Waals surface area (Å²) < 4.78 is 5.28. The second-order valence-corrected chi connectivity index (χ2v) is 6.02. The number of halogens is 3. The summed E-state index contributed by atoms with van der Waals surface area (Å²) in [6.07, 6.45) is 0.367. The summed E-state index contributed by atoms with van der Waals surface area (Å²) >= 11 is 17.8. The average Bonchev–Trinajstić information content (AvgIpc) is 2.43. The highest BCUT2D eigenvalue weighted by Gasteiger charge is 2.12. The van der Waals surface area contributed by atoms with Crippen LogP contribution in [-0.2, 0) is 12.8 Å². The van der Waals surface area contributed by atoms with Crippen molar-refractivity contribution in [2.24, 2.45) is 0 Å². The Bertz CT molecular complexity index is 629. The topological polar surface area (TPSA) is 29.5 Å². The number of rotatable bonds is 5. The molecule has 0 radical (unpaired) electrons. The average molecular weight is 346 g/mol. The van der Waals surface area contributed by atoms with E-state index < -0.39 is 6.10 Å². The lowest BCUT2D eigenvalue weighted by Gasteiger charge is -2.14. The first-order chi connectivity index (χ1) is 9.99. The minimum Gasteiger partial charge on any atom is -0.496 e. The van der Waals surface area contributed by atoms with E-state index in [0.717, 1.165) is 11.1 Å². The van der Waals surface area contributed by atoms with Gasteiger partial charge in [0.15, 0.2) is 0 Å². The zero-order valence-electron chi connectivity index (χ0n) is 11.4. The van der Waals surface area contributed by atoms with E-state index >= 15 is 0 Å². The molecule has 0 aliphatic carbocycles. The second kappa shape index (κ2) is 7.37. The summed E-state index contributed by atoms with van der Waals surface area (Å²) in [6.45, 7) is 0. The quantitative estimate of drug-likeness (QED) is 0.843. The fourth-order valence-electron chi connectivity index (χ4n) is 2.17. The first kappa shape index (κ1) is 16.4. The van der Waals surface area contributed by atoms with Gasteiger partial charge in [-0.2, -0.15) is 0 Å². The molecule has 0 bridgehead atoms. The van der Waals surface area contributed by atoms with Gasteiger partial charge < -0.3 is 9.84 Å². The summed E-state index contributed by atoms with van der Waals surface area (Å²) in [5.74, 6) is 0.715. The van der Waals surface area contributed by atoms with Gasteiger partial charge in [-0.15, -0.1) is 0 Å². The number of benzene rings is 2. The molecule has 0 saturated carbocycles. The van der Waals surface area contributed by atoms with Crippen molar-refractivity contribution < 1.29 is 9.84 Å². The van der Waals surface area contributed by atoms with E-state index in [2.05, 4.69) is 0 Å². The molecular weight excluding hydrogens is 331 g/mol. The van der Waals surface area contributed by atoms with E-state index in [1.807, 2.05) is 6.07 Å². The van der Waals surface area contributed by atoms with E-state index in [1.165, 1.54) is 0 Å². The van der Waals surface area contributed by atoms with Crippen LogP contribution in [0.5, 0.6) is 5.75 Å². The van der Waals surface area contributed by atoms with Crippen LogP contribution >= 0.6 is 34.8 Å². The smallest absolute Gasteiger partial charge is 0.122 e. The fourth-order valence-corrected chi connectivity index (χ4v) is 2.69. The monoisotopic (exact) mass is 344 g/mol. The maximum Gasteiger partial charge on any atom is 0.122 e. The van der Waals surface area contributed by atoms with Crippen molar-refractivity contribution in [3.63, 3.8) is 0 Å². The van der Waals surface area contributed by atoms with Crippen LogP contribution in [0.15, 0.2) is 36.4 Å². The summed E-state index contributed by atoms with van der Waals surface area (Å²) in [5, 5.41) is 11.9. The number of hydrogen-bond acceptors (Lipinski definition) is 2. The standard InChI is InChI=1S/C16H15Cl3O2/c1-21-16-5-3-12(17)8-11(16)9-13(20)6-10-2-4-14(18)15(19)7-10/h2-5,7-8,13,20H,6,9H2,1H3. The van der Waals surface area contributed by atoms with Crippen LogP contribution in [0.3, 0.4) is 0 Å². The number of hydrogen-bond donors (Lipinski definition) is 1. The number of aliphatic hydroxyl groups is 1. The highest BCUT2D eigenvalue weighted by atomic mass is 35.5. The molecular formula is C16H15Cl3O2. The normalized spacial score (nSPS) is 12.2. The minimum absolute atomic E-state index is 0.448. The van der Waals surface area contributed by atoms with E-state index in [0.29, 0.717) is 33.7 Å². The number of methoxy groups -OCH3 is 1. The predicted molar refractivity (Wildman–Crippen MR) is 87.9 cm³/mol. The molecule has 112 valence electrons. The van der Waals surface area contributed by atoms with E-state index in [9.17, 15) is 5.11 Å². The molecule has 2 nitrogen and oxygen atoms in total. The maximum absolute atomic E-state index is 10.3. The van der Waals surface area contributed by atoms with E-state index in [1.54, 1.807) is 37.4 Å². The van der Waals surface area contributed by atoms with Crippen LogP contribution in [-0.4, -0.2) is 18.3 Å². The zero-order chi connectivity index (χ0) is 15.4. The lowest BCUT2D eigenvalue weighted by molar-refractivity contribution is 0.174. The van der Waals surface area contributed by atoms with Gasteiger partial charge in [0.25, 0.3) is 0 Å². The lowest BCUT2D eigenvalue weighted by atomic mass is 10.0. The molecule has 2 aromatic carbocycles. The largest absolute Gasteiger partial charge is 0.496 e. The van der Waals surface area contributed by atoms with Crippen molar-refractivity contribution in [2.75, 3.05) is 7.11 Å². The van der Waals surface area contributed by atoms with Gasteiger partial charge in [-0.3, -0.25) is 0 Å². The maximum atomic E-state index is 10.3. The van der Waals surface area contributed by atoms with Gasteiger partial charge in [0.2, 0.25) is 0 Å². The molecule has 1 atom stereocenters. The van der Waals surface area contributed by atoms with Crippen molar-refractivity contribution in [1.29, 1.82) is 0 Å². The Morgan fingerprint density at radius 1 is 1.00 bits per heavy atom. The number of ether oxygens (including phenoxy) is 1. The van der Waals surface area contributed by atoms with E-state index in [-0.39, 0.29) is 0 Å². The van der Waals surface area contributed by atoms with Crippen LogP contribution in [0, 0.1) is 0 Å². The summed E-state index contributed by atoms with van der Waals surface area (Å²) in [7, 11) is 1.60. The van der Waals surface area contributed by atoms with Crippen molar-refractivity contribution in [2.45, 2.75) is 18.9 Å². The predicted octanol–water partition coefficient (Wildman–Crippen LogP) is 4.80. The van der Waals surface area contributed by atoms with Gasteiger partial charge in [-0.25, -0.2) is 0 Å². The Labute approximate surface area is 139 Å². The van der Waals surface area contributed by atoms with Gasteiger partial charge in [0.1, 0.15) is 5.75 Å². The third-order valence-corrected chi connectivity index (χ3v) is 4.13. The van der Waals surface area contributed by atoms with Gasteiger partial charge in [0, 0.05) is 11.4 Å². The lowest BCUT2D eigenvalue weighted by Crippen LogP contribution is -2.14. The van der Waals surface area contributed by atoms with Gasteiger partial charge in [-0.05, 0) is 47.9 Å². The molecule has 0 spiro atoms. The Kier molecular flexibility index (Phi) is 5.77. The first-order valence-corrected chi connectivity index (χ1v) is 7.57. The minimum atomic E-state index is -0.561. The molecule has 1 unspecified atom stereocenters. The SMILES string of the molecule is COc1ccc(Cl)cc1CC(O)Cc1ccc(Cl)c(Cl)c1. The van der Waals surface area contributed by atoms with E-state index in [4.69, 9.17) is 39.5 Å². The molecule has 0 aromatic heterocycles. The second-order valence-electron chi connectivity index (χ2n) is 4.77. The van der Waals surface area contributed by atoms with Crippen LogP contribution in [0.25, 0.3) is 0 Å². The van der Waals surface area contributed by atoms with Crippen LogP contribution in [0.2, 0.25) is 15.1 Å². The zero-order valence-corrected chi connectivity index (χ0v) is 13.7. The molecule has 0 saturated heterocycles. The molecule has 2 rings (SSSR count). The Morgan fingerprint density at radius 3 is 2.43 bits per heavy atom. The van der Waals surface area contributed by atoms with Crippen molar-refractivity contribution >= 4 is 34.8 Å². The van der Waals surface area contributed by atoms with Crippen LogP contribution < -0.4 is 4.74 Å². The molecule has 0 fully saturated rings. The third-order valence-electron chi connectivity index (χ3n) is 3.15. The first-order valence-electron chi connectivity index (χ1n) is 6.44. The van der Waals surface area contributed by atoms with Crippen molar-refractivity contribution in [1.82, 2.24) is 0 Å². The summed E-state index contributed by atoms with van der Waals surface area (Å²) in [6, 6.07) is 10.7. The highest BCUT2D eigenvalue weighted by molar-refractivity contribution is 6.42. The molecule has 2 aromatic rings. The molecule has 0 amide bonds. The molecule has 0 aliphatic heterocycles. The molecule has 0 aliphatic rings. The third kappa shape index (κ3) is 4.52. The van der Waals surface area contributed by atoms with Gasteiger partial charge in [0.05, 0.1) is 23.3 Å². The molecule has 21 heavy (non-hydrogen) atoms. The Hall–Kier alpha value is -0.930. The van der Waals surface area contributed by atoms with Crippen molar-refractivity contribution in [3.8, 4) is 5.75 Å². The molecule has 5 heteroatoms. The number of aliphatic hydroxyl groups excluding tert-OH is 1. The fraction of sp³-hybridized carbons (Fsp3) is 0.250. The van der Waals surface area contributed by atoms with Crippen molar-refractivity contribution in [3.05, 3.63) is 62.6 Å². The van der Waals surface area contributed by atoms with Gasteiger partial charge >= 0.3 is 0 Å². The summed E-state index contributed by atoms with van der Waals surface area (Å²) in [4.78, 5) is 0. The highest BCUT2D eigenvalue weighted by Crippen LogP contribution is 2.26. The summed E-state index contributed by atoms with van der Waals surface area (Å²) in [5.41, 5.74) is 1.80. The Balaban J connectivity index is 2.09. The van der Waals surface area contributed by atoms with Gasteiger partial charge in [-0.1, -0.05) is 40.9 Å². The van der Waals surface area contributed by atoms with Crippen LogP contribution in [0.1, 0.15) is 11.1 Å².